The van der Waals surface area contributed by atoms with Gasteiger partial charge < -0.3 is 29.4 Å². The molecular weight excluding hydrogens is 526 g/mol. The second kappa shape index (κ2) is 13.7. The summed E-state index contributed by atoms with van der Waals surface area (Å²) in [5, 5.41) is 0. The van der Waals surface area contributed by atoms with Crippen LogP contribution in [0.15, 0.2) is 121 Å². The van der Waals surface area contributed by atoms with E-state index in [4.69, 9.17) is 29.4 Å². The number of hydrogen-bond acceptors (Lipinski definition) is 6. The number of benzene rings is 4. The maximum Gasteiger partial charge on any atom is 0.117 e. The van der Waals surface area contributed by atoms with Crippen LogP contribution in [0.2, 0.25) is 0 Å². The first-order chi connectivity index (χ1) is 20.7. The zero-order chi connectivity index (χ0) is 28.6. The normalized spacial score (nSPS) is 26.7. The van der Waals surface area contributed by atoms with Crippen molar-refractivity contribution >= 4 is 0 Å². The lowest BCUT2D eigenvalue weighted by Crippen LogP contribution is -2.63. The van der Waals surface area contributed by atoms with Crippen molar-refractivity contribution in [3.05, 3.63) is 144 Å². The van der Waals surface area contributed by atoms with Crippen LogP contribution < -0.4 is 5.73 Å². The Morgan fingerprint density at radius 2 is 0.976 bits per heavy atom. The predicted molar refractivity (Wildman–Crippen MR) is 161 cm³/mol. The third-order valence-corrected chi connectivity index (χ3v) is 8.08. The Morgan fingerprint density at radius 1 is 0.571 bits per heavy atom. The van der Waals surface area contributed by atoms with Crippen molar-refractivity contribution in [2.75, 3.05) is 6.61 Å². The molecule has 2 N–H and O–H groups in total. The number of ether oxygens (including phenoxy) is 5. The number of rotatable bonds is 13. The molecule has 6 nitrogen and oxygen atoms in total. The highest BCUT2D eigenvalue weighted by molar-refractivity contribution is 5.22. The van der Waals surface area contributed by atoms with E-state index in [0.717, 1.165) is 22.3 Å². The minimum absolute atomic E-state index is 0.159. The molecule has 1 saturated carbocycles. The average molecular weight is 566 g/mol. The third-order valence-electron chi connectivity index (χ3n) is 8.08. The molecule has 42 heavy (non-hydrogen) atoms. The van der Waals surface area contributed by atoms with Crippen LogP contribution in [0.3, 0.4) is 0 Å². The summed E-state index contributed by atoms with van der Waals surface area (Å²) in [6.07, 6.45) is -0.974. The topological polar surface area (TPSA) is 72.2 Å². The van der Waals surface area contributed by atoms with Gasteiger partial charge in [0.1, 0.15) is 30.0 Å². The van der Waals surface area contributed by atoms with Gasteiger partial charge in [0, 0.05) is 6.04 Å². The molecule has 0 amide bonds. The van der Waals surface area contributed by atoms with E-state index >= 15 is 0 Å². The van der Waals surface area contributed by atoms with Crippen LogP contribution in [-0.4, -0.2) is 42.7 Å². The van der Waals surface area contributed by atoms with Crippen LogP contribution in [0.5, 0.6) is 0 Å². The van der Waals surface area contributed by atoms with Crippen molar-refractivity contribution in [3.8, 4) is 0 Å². The van der Waals surface area contributed by atoms with Gasteiger partial charge in [-0.3, -0.25) is 0 Å². The molecular formula is C36H39NO5. The van der Waals surface area contributed by atoms with Crippen LogP contribution in [0, 0.1) is 0 Å². The highest BCUT2D eigenvalue weighted by atomic mass is 16.6. The number of hydrogen-bond donors (Lipinski definition) is 1. The van der Waals surface area contributed by atoms with Gasteiger partial charge in [0.25, 0.3) is 0 Å². The first-order valence-electron chi connectivity index (χ1n) is 14.7. The van der Waals surface area contributed by atoms with E-state index in [1.807, 2.05) is 72.8 Å². The molecule has 1 aliphatic carbocycles. The van der Waals surface area contributed by atoms with Crippen molar-refractivity contribution in [2.24, 2.45) is 5.73 Å². The maximum absolute atomic E-state index is 6.84. The van der Waals surface area contributed by atoms with E-state index in [1.165, 1.54) is 0 Å². The van der Waals surface area contributed by atoms with E-state index in [2.05, 4.69) is 48.5 Å². The summed E-state index contributed by atoms with van der Waals surface area (Å²) in [5.74, 6) is 0. The van der Waals surface area contributed by atoms with Crippen LogP contribution in [0.25, 0.3) is 0 Å². The molecule has 1 saturated heterocycles. The van der Waals surface area contributed by atoms with Crippen molar-refractivity contribution in [3.63, 3.8) is 0 Å². The van der Waals surface area contributed by atoms with Gasteiger partial charge >= 0.3 is 0 Å². The highest BCUT2D eigenvalue weighted by Crippen LogP contribution is 2.50. The largest absolute Gasteiger partial charge is 0.374 e. The molecule has 2 fully saturated rings. The van der Waals surface area contributed by atoms with Gasteiger partial charge in [-0.15, -0.1) is 0 Å². The fraction of sp³-hybridized carbons (Fsp3) is 0.333. The molecule has 4 unspecified atom stereocenters. The summed E-state index contributed by atoms with van der Waals surface area (Å²) in [7, 11) is 0. The Morgan fingerprint density at radius 3 is 1.43 bits per heavy atom. The van der Waals surface area contributed by atoms with Crippen molar-refractivity contribution < 1.29 is 23.7 Å². The molecule has 6 rings (SSSR count). The SMILES string of the molecule is NC1C[C@]12OC(COCc1ccccc1)[C@@H](OCc1ccccc1)C(OCc1ccccc1)C2OCc1ccccc1. The van der Waals surface area contributed by atoms with E-state index in [-0.39, 0.29) is 12.1 Å². The molecule has 0 aromatic heterocycles. The van der Waals surface area contributed by atoms with Gasteiger partial charge in [-0.1, -0.05) is 121 Å². The second-order valence-electron chi connectivity index (χ2n) is 11.2. The molecule has 1 aliphatic heterocycles. The van der Waals surface area contributed by atoms with Gasteiger partial charge in [-0.2, -0.15) is 0 Å². The fourth-order valence-electron chi connectivity index (χ4n) is 5.74. The second-order valence-corrected chi connectivity index (χ2v) is 11.2. The molecule has 1 heterocycles. The zero-order valence-electron chi connectivity index (χ0n) is 23.8. The summed E-state index contributed by atoms with van der Waals surface area (Å²) >= 11 is 0. The van der Waals surface area contributed by atoms with E-state index in [9.17, 15) is 0 Å². The molecule has 6 heteroatoms. The first-order valence-corrected chi connectivity index (χ1v) is 14.7. The summed E-state index contributed by atoms with van der Waals surface area (Å²) in [4.78, 5) is 0. The Balaban J connectivity index is 1.27. The molecule has 218 valence electrons. The minimum atomic E-state index is -0.663. The smallest absolute Gasteiger partial charge is 0.117 e. The molecule has 6 atom stereocenters. The molecule has 0 radical (unpaired) electrons. The van der Waals surface area contributed by atoms with Crippen molar-refractivity contribution in [1.82, 2.24) is 0 Å². The van der Waals surface area contributed by atoms with Crippen LogP contribution in [-0.2, 0) is 50.1 Å². The van der Waals surface area contributed by atoms with E-state index in [0.29, 0.717) is 39.5 Å². The standard InChI is InChI=1S/C36H39NO5/c37-32-21-36(32)35(41-25-30-19-11-4-12-20-30)34(40-24-29-17-9-3-10-18-29)33(39-23-28-15-7-2-8-16-28)31(42-36)26-38-22-27-13-5-1-6-14-27/h1-20,31-35H,21-26,37H2/t31?,32?,33-,34?,35?,36+/m1/s1. The van der Waals surface area contributed by atoms with Crippen LogP contribution in [0.4, 0.5) is 0 Å². The molecule has 4 aromatic rings. The predicted octanol–water partition coefficient (Wildman–Crippen LogP) is 5.83. The van der Waals surface area contributed by atoms with Crippen molar-refractivity contribution in [1.29, 1.82) is 0 Å². The Bertz CT molecular complexity index is 1360. The summed E-state index contributed by atoms with van der Waals surface area (Å²) in [6.45, 7) is 2.09. The van der Waals surface area contributed by atoms with E-state index in [1.54, 1.807) is 0 Å². The van der Waals surface area contributed by atoms with Gasteiger partial charge in [-0.25, -0.2) is 0 Å². The zero-order valence-corrected chi connectivity index (χ0v) is 23.8. The number of nitrogens with two attached hydrogens (primary N) is 1. The molecule has 4 aromatic carbocycles. The molecule has 2 aliphatic rings. The molecule has 1 spiro atoms. The quantitative estimate of drug-likeness (QED) is 0.220. The molecule has 0 bridgehead atoms. The van der Waals surface area contributed by atoms with Gasteiger partial charge in [0.15, 0.2) is 0 Å². The Labute approximate surface area is 248 Å². The lowest BCUT2D eigenvalue weighted by atomic mass is 9.92. The van der Waals surface area contributed by atoms with Gasteiger partial charge in [-0.05, 0) is 28.7 Å². The maximum atomic E-state index is 6.84. The van der Waals surface area contributed by atoms with Crippen LogP contribution in [0.1, 0.15) is 28.7 Å². The van der Waals surface area contributed by atoms with Gasteiger partial charge in [0.05, 0.1) is 33.0 Å². The first kappa shape index (κ1) is 28.7. The van der Waals surface area contributed by atoms with Gasteiger partial charge in [0.2, 0.25) is 0 Å². The Kier molecular flexibility index (Phi) is 9.41. The minimum Gasteiger partial charge on any atom is -0.374 e. The monoisotopic (exact) mass is 565 g/mol. The van der Waals surface area contributed by atoms with Crippen molar-refractivity contribution in [2.45, 2.75) is 68.9 Å². The third kappa shape index (κ3) is 6.98. The van der Waals surface area contributed by atoms with Crippen LogP contribution >= 0.6 is 0 Å². The Hall–Kier alpha value is -3.36. The lowest BCUT2D eigenvalue weighted by molar-refractivity contribution is -0.283. The fourth-order valence-corrected chi connectivity index (χ4v) is 5.74. The summed E-state index contributed by atoms with van der Waals surface area (Å²) in [6, 6.07) is 40.5. The lowest BCUT2D eigenvalue weighted by Gasteiger charge is -2.47. The average Bonchev–Trinajstić information content (AvgIpc) is 3.69. The summed E-state index contributed by atoms with van der Waals surface area (Å²) < 4.78 is 33.2. The van der Waals surface area contributed by atoms with E-state index < -0.39 is 23.9 Å². The highest BCUT2D eigenvalue weighted by Gasteiger charge is 2.68. The summed E-state index contributed by atoms with van der Waals surface area (Å²) in [5.41, 5.74) is 10.3.